The van der Waals surface area contributed by atoms with Crippen molar-refractivity contribution in [2.75, 3.05) is 23.9 Å². The van der Waals surface area contributed by atoms with E-state index in [1.807, 2.05) is 23.5 Å². The van der Waals surface area contributed by atoms with Gasteiger partial charge in [-0.15, -0.1) is 11.8 Å². The van der Waals surface area contributed by atoms with E-state index in [4.69, 9.17) is 4.52 Å². The summed E-state index contributed by atoms with van der Waals surface area (Å²) in [6, 6.07) is 0.503. The van der Waals surface area contributed by atoms with E-state index in [0.717, 1.165) is 5.82 Å². The van der Waals surface area contributed by atoms with Crippen molar-refractivity contribution in [2.45, 2.75) is 17.4 Å². The van der Waals surface area contributed by atoms with E-state index < -0.39 is 0 Å². The monoisotopic (exact) mass is 231 g/mol. The first-order valence-electron chi connectivity index (χ1n) is 4.56. The maximum Gasteiger partial charge on any atom is 0.321 e. The zero-order valence-electron chi connectivity index (χ0n) is 8.19. The lowest BCUT2D eigenvalue weighted by atomic mass is 10.3. The second-order valence-corrected chi connectivity index (χ2v) is 5.81. The molecular formula is C8H13N3OS2. The minimum absolute atomic E-state index is 0.375. The molecule has 1 N–H and O–H groups in total. The molecule has 0 aromatic carbocycles. The molecule has 1 aromatic heterocycles. The average molecular weight is 231 g/mol. The van der Waals surface area contributed by atoms with Gasteiger partial charge in [-0.1, -0.05) is 12.1 Å². The van der Waals surface area contributed by atoms with Crippen LogP contribution in [0, 0.1) is 0 Å². The van der Waals surface area contributed by atoms with E-state index in [-0.39, 0.29) is 0 Å². The van der Waals surface area contributed by atoms with E-state index in [2.05, 4.69) is 22.4 Å². The molecule has 1 aromatic rings. The van der Waals surface area contributed by atoms with Gasteiger partial charge >= 0.3 is 6.01 Å². The number of hydrogen-bond acceptors (Lipinski definition) is 6. The van der Waals surface area contributed by atoms with Gasteiger partial charge in [-0.25, -0.2) is 0 Å². The molecule has 2 unspecified atom stereocenters. The lowest BCUT2D eigenvalue weighted by Gasteiger charge is -2.24. The van der Waals surface area contributed by atoms with Crippen molar-refractivity contribution >= 4 is 29.5 Å². The van der Waals surface area contributed by atoms with Gasteiger partial charge in [0.15, 0.2) is 5.82 Å². The van der Waals surface area contributed by atoms with Gasteiger partial charge in [-0.3, -0.25) is 0 Å². The van der Waals surface area contributed by atoms with Crippen LogP contribution in [0.5, 0.6) is 0 Å². The Morgan fingerprint density at radius 2 is 2.21 bits per heavy atom. The Balaban J connectivity index is 2.12. The van der Waals surface area contributed by atoms with Crippen molar-refractivity contribution in [3.63, 3.8) is 0 Å². The highest BCUT2D eigenvalue weighted by atomic mass is 32.2. The Kier molecular flexibility index (Phi) is 3.22. The van der Waals surface area contributed by atoms with Crippen molar-refractivity contribution in [3.8, 4) is 0 Å². The molecule has 2 atom stereocenters. The van der Waals surface area contributed by atoms with Crippen LogP contribution in [0.15, 0.2) is 4.52 Å². The predicted octanol–water partition coefficient (Wildman–Crippen LogP) is 2.02. The largest absolute Gasteiger partial charge is 0.341 e. The maximum absolute atomic E-state index is 5.02. The van der Waals surface area contributed by atoms with Crippen molar-refractivity contribution < 1.29 is 4.52 Å². The number of aromatic nitrogens is 2. The molecule has 0 radical (unpaired) electrons. The van der Waals surface area contributed by atoms with Gasteiger partial charge in [-0.2, -0.15) is 16.7 Å². The topological polar surface area (TPSA) is 51.0 Å². The van der Waals surface area contributed by atoms with Crippen LogP contribution in [0.1, 0.15) is 18.0 Å². The quantitative estimate of drug-likeness (QED) is 0.840. The maximum atomic E-state index is 5.02. The number of thioether (sulfide) groups is 2. The summed E-state index contributed by atoms with van der Waals surface area (Å²) in [6.07, 6.45) is 0. The summed E-state index contributed by atoms with van der Waals surface area (Å²) in [5, 5.41) is 7.76. The van der Waals surface area contributed by atoms with E-state index >= 15 is 0 Å². The lowest BCUT2D eigenvalue weighted by Crippen LogP contribution is -2.16. The second-order valence-electron chi connectivity index (χ2n) is 3.08. The van der Waals surface area contributed by atoms with Gasteiger partial charge in [0.2, 0.25) is 0 Å². The molecule has 0 aliphatic carbocycles. The van der Waals surface area contributed by atoms with Gasteiger partial charge in [0, 0.05) is 23.8 Å². The summed E-state index contributed by atoms with van der Waals surface area (Å²) < 4.78 is 5.02. The second kappa shape index (κ2) is 4.44. The zero-order chi connectivity index (χ0) is 9.97. The third-order valence-electron chi connectivity index (χ3n) is 2.10. The highest BCUT2D eigenvalue weighted by Gasteiger charge is 2.28. The fourth-order valence-corrected chi connectivity index (χ4v) is 4.05. The molecule has 1 fully saturated rings. The predicted molar refractivity (Wildman–Crippen MR) is 61.0 cm³/mol. The zero-order valence-corrected chi connectivity index (χ0v) is 9.82. The molecule has 4 nitrogen and oxygen atoms in total. The molecule has 1 aliphatic heterocycles. The van der Waals surface area contributed by atoms with E-state index in [9.17, 15) is 0 Å². The third-order valence-corrected chi connectivity index (χ3v) is 5.18. The summed E-state index contributed by atoms with van der Waals surface area (Å²) in [6.45, 7) is 2.22. The van der Waals surface area contributed by atoms with Crippen molar-refractivity contribution in [2.24, 2.45) is 0 Å². The van der Waals surface area contributed by atoms with Gasteiger partial charge < -0.3 is 9.84 Å². The van der Waals surface area contributed by atoms with E-state index in [1.54, 1.807) is 7.05 Å². The Labute approximate surface area is 91.6 Å². The highest BCUT2D eigenvalue weighted by Crippen LogP contribution is 2.41. The molecule has 2 rings (SSSR count). The smallest absolute Gasteiger partial charge is 0.321 e. The Morgan fingerprint density at radius 3 is 2.86 bits per heavy atom. The standard InChI is InChI=1S/C8H13N3OS2/c1-5-6(14-4-3-13-5)7-10-8(9-2)12-11-7/h5-6H,3-4H2,1-2H3,(H,9,10,11). The normalized spacial score (nSPS) is 27.6. The molecule has 0 amide bonds. The summed E-state index contributed by atoms with van der Waals surface area (Å²) in [7, 11) is 1.78. The van der Waals surface area contributed by atoms with Crippen LogP contribution in [0.3, 0.4) is 0 Å². The first-order chi connectivity index (χ1) is 6.81. The average Bonchev–Trinajstić information content (AvgIpc) is 2.67. The number of anilines is 1. The molecule has 6 heteroatoms. The SMILES string of the molecule is CNc1nc(C2SCCSC2C)no1. The molecule has 1 saturated heterocycles. The molecular weight excluding hydrogens is 218 g/mol. The minimum atomic E-state index is 0.375. The van der Waals surface area contributed by atoms with E-state index in [0.29, 0.717) is 16.5 Å². The van der Waals surface area contributed by atoms with Crippen molar-refractivity contribution in [1.82, 2.24) is 10.1 Å². The van der Waals surface area contributed by atoms with Crippen LogP contribution in [0.25, 0.3) is 0 Å². The van der Waals surface area contributed by atoms with Gasteiger partial charge in [0.05, 0.1) is 5.25 Å². The Hall–Kier alpha value is -0.360. The van der Waals surface area contributed by atoms with E-state index in [1.165, 1.54) is 11.5 Å². The summed E-state index contributed by atoms with van der Waals surface area (Å²) in [5.74, 6) is 3.21. The van der Waals surface area contributed by atoms with Crippen LogP contribution < -0.4 is 5.32 Å². The van der Waals surface area contributed by atoms with Crippen LogP contribution in [-0.2, 0) is 0 Å². The molecule has 0 saturated carbocycles. The molecule has 78 valence electrons. The number of nitrogens with one attached hydrogen (secondary N) is 1. The summed E-state index contributed by atoms with van der Waals surface area (Å²) in [5.41, 5.74) is 0. The molecule has 1 aliphatic rings. The molecule has 2 heterocycles. The fraction of sp³-hybridized carbons (Fsp3) is 0.750. The molecule has 0 bridgehead atoms. The number of hydrogen-bond donors (Lipinski definition) is 1. The summed E-state index contributed by atoms with van der Waals surface area (Å²) >= 11 is 3.89. The van der Waals surface area contributed by atoms with Gasteiger partial charge in [-0.05, 0) is 0 Å². The first kappa shape index (κ1) is 10.2. The van der Waals surface area contributed by atoms with Crippen LogP contribution in [-0.4, -0.2) is 33.9 Å². The fourth-order valence-electron chi connectivity index (χ4n) is 1.37. The van der Waals surface area contributed by atoms with Crippen LogP contribution in [0.2, 0.25) is 0 Å². The Morgan fingerprint density at radius 1 is 1.43 bits per heavy atom. The Bertz CT molecular complexity index is 305. The van der Waals surface area contributed by atoms with Gasteiger partial charge in [0.25, 0.3) is 0 Å². The molecule has 14 heavy (non-hydrogen) atoms. The third kappa shape index (κ3) is 2.00. The lowest BCUT2D eigenvalue weighted by molar-refractivity contribution is 0.423. The minimum Gasteiger partial charge on any atom is -0.341 e. The number of nitrogens with zero attached hydrogens (tertiary/aromatic N) is 2. The van der Waals surface area contributed by atoms with Crippen LogP contribution >= 0.6 is 23.5 Å². The van der Waals surface area contributed by atoms with Crippen molar-refractivity contribution in [3.05, 3.63) is 5.82 Å². The number of rotatable bonds is 2. The highest BCUT2D eigenvalue weighted by molar-refractivity contribution is 8.06. The first-order valence-corrected chi connectivity index (χ1v) is 6.65. The summed E-state index contributed by atoms with van der Waals surface area (Å²) in [4.78, 5) is 4.28. The molecule has 0 spiro atoms. The van der Waals surface area contributed by atoms with Gasteiger partial charge in [0.1, 0.15) is 0 Å². The van der Waals surface area contributed by atoms with Crippen molar-refractivity contribution in [1.29, 1.82) is 0 Å². The van der Waals surface area contributed by atoms with Crippen LogP contribution in [0.4, 0.5) is 6.01 Å².